The Hall–Kier alpha value is -0.790. The van der Waals surface area contributed by atoms with Crippen molar-refractivity contribution in [1.82, 2.24) is 4.90 Å². The van der Waals surface area contributed by atoms with E-state index in [0.717, 1.165) is 0 Å². The van der Waals surface area contributed by atoms with Crippen molar-refractivity contribution in [2.75, 3.05) is 0 Å². The quantitative estimate of drug-likeness (QED) is 0.487. The molecule has 2 heteroatoms. The molecule has 1 atom stereocenters. The lowest BCUT2D eigenvalue weighted by molar-refractivity contribution is 0.346. The topological polar surface area (TPSA) is 27.1 Å². The first kappa shape index (κ1) is 10.3. The SMILES string of the molecule is CC1CCC(C(C)(C)C)=CN1C=N. The van der Waals surface area contributed by atoms with E-state index in [-0.39, 0.29) is 5.41 Å². The summed E-state index contributed by atoms with van der Waals surface area (Å²) < 4.78 is 0. The van der Waals surface area contributed by atoms with E-state index in [2.05, 4.69) is 33.9 Å². The molecule has 2 nitrogen and oxygen atoms in total. The van der Waals surface area contributed by atoms with E-state index in [1.54, 1.807) is 0 Å². The molecular formula is C11H20N2. The van der Waals surface area contributed by atoms with Gasteiger partial charge < -0.3 is 4.90 Å². The Morgan fingerprint density at radius 3 is 2.62 bits per heavy atom. The fraction of sp³-hybridized carbons (Fsp3) is 0.727. The van der Waals surface area contributed by atoms with Crippen molar-refractivity contribution in [3.63, 3.8) is 0 Å². The normalized spacial score (nSPS) is 24.2. The Balaban J connectivity index is 2.84. The summed E-state index contributed by atoms with van der Waals surface area (Å²) in [4.78, 5) is 2.00. The van der Waals surface area contributed by atoms with E-state index >= 15 is 0 Å². The smallest absolute Gasteiger partial charge is 0.0859 e. The molecule has 0 radical (unpaired) electrons. The van der Waals surface area contributed by atoms with Crippen LogP contribution in [0.5, 0.6) is 0 Å². The van der Waals surface area contributed by atoms with Gasteiger partial charge in [0.05, 0.1) is 6.34 Å². The van der Waals surface area contributed by atoms with Gasteiger partial charge in [0.1, 0.15) is 0 Å². The maximum atomic E-state index is 7.28. The molecule has 1 N–H and O–H groups in total. The summed E-state index contributed by atoms with van der Waals surface area (Å²) in [7, 11) is 0. The second kappa shape index (κ2) is 3.52. The minimum absolute atomic E-state index is 0.251. The summed E-state index contributed by atoms with van der Waals surface area (Å²) in [5.41, 5.74) is 1.70. The maximum absolute atomic E-state index is 7.28. The molecule has 0 aliphatic carbocycles. The third kappa shape index (κ3) is 2.33. The highest BCUT2D eigenvalue weighted by molar-refractivity contribution is 5.54. The second-order valence-electron chi connectivity index (χ2n) is 4.87. The molecule has 0 amide bonds. The molecule has 0 fully saturated rings. The van der Waals surface area contributed by atoms with Crippen molar-refractivity contribution in [3.8, 4) is 0 Å². The van der Waals surface area contributed by atoms with Gasteiger partial charge >= 0.3 is 0 Å². The molecule has 1 aliphatic rings. The lowest BCUT2D eigenvalue weighted by atomic mass is 9.82. The highest BCUT2D eigenvalue weighted by Crippen LogP contribution is 2.33. The molecule has 0 aromatic heterocycles. The van der Waals surface area contributed by atoms with Crippen LogP contribution in [0.3, 0.4) is 0 Å². The number of allylic oxidation sites excluding steroid dienone is 1. The number of hydrogen-bond acceptors (Lipinski definition) is 1. The molecular weight excluding hydrogens is 160 g/mol. The third-order valence-electron chi connectivity index (χ3n) is 2.76. The van der Waals surface area contributed by atoms with E-state index in [0.29, 0.717) is 6.04 Å². The van der Waals surface area contributed by atoms with Crippen LogP contribution in [0.4, 0.5) is 0 Å². The first-order chi connectivity index (χ1) is 5.95. The molecule has 0 saturated carbocycles. The Bertz CT molecular complexity index is 223. The van der Waals surface area contributed by atoms with Crippen LogP contribution in [-0.4, -0.2) is 17.3 Å². The van der Waals surface area contributed by atoms with E-state index in [1.807, 2.05) is 4.90 Å². The van der Waals surface area contributed by atoms with Crippen molar-refractivity contribution >= 4 is 6.34 Å². The van der Waals surface area contributed by atoms with Crippen LogP contribution in [0.25, 0.3) is 0 Å². The van der Waals surface area contributed by atoms with Gasteiger partial charge in [-0.2, -0.15) is 0 Å². The Morgan fingerprint density at radius 1 is 1.54 bits per heavy atom. The molecule has 1 heterocycles. The van der Waals surface area contributed by atoms with Crippen LogP contribution >= 0.6 is 0 Å². The van der Waals surface area contributed by atoms with Crippen molar-refractivity contribution in [2.45, 2.75) is 46.6 Å². The number of hydrogen-bond donors (Lipinski definition) is 1. The molecule has 0 saturated heterocycles. The van der Waals surface area contributed by atoms with Gasteiger partial charge in [-0.25, -0.2) is 0 Å². The average molecular weight is 180 g/mol. The first-order valence-corrected chi connectivity index (χ1v) is 4.94. The van der Waals surface area contributed by atoms with Gasteiger partial charge in [0.15, 0.2) is 0 Å². The van der Waals surface area contributed by atoms with E-state index in [1.165, 1.54) is 24.8 Å². The summed E-state index contributed by atoms with van der Waals surface area (Å²) in [5.74, 6) is 0. The summed E-state index contributed by atoms with van der Waals surface area (Å²) in [5, 5.41) is 7.28. The molecule has 1 aliphatic heterocycles. The molecule has 13 heavy (non-hydrogen) atoms. The van der Waals surface area contributed by atoms with Gasteiger partial charge in [-0.15, -0.1) is 0 Å². The largest absolute Gasteiger partial charge is 0.337 e. The minimum Gasteiger partial charge on any atom is -0.337 e. The fourth-order valence-corrected chi connectivity index (χ4v) is 1.62. The molecule has 0 aromatic rings. The van der Waals surface area contributed by atoms with Gasteiger partial charge in [-0.3, -0.25) is 5.41 Å². The van der Waals surface area contributed by atoms with Crippen molar-refractivity contribution in [1.29, 1.82) is 5.41 Å². The molecule has 1 unspecified atom stereocenters. The first-order valence-electron chi connectivity index (χ1n) is 4.94. The number of nitrogens with zero attached hydrogens (tertiary/aromatic N) is 1. The second-order valence-corrected chi connectivity index (χ2v) is 4.87. The minimum atomic E-state index is 0.251. The Labute approximate surface area is 81.1 Å². The van der Waals surface area contributed by atoms with Crippen LogP contribution in [0.2, 0.25) is 0 Å². The Morgan fingerprint density at radius 2 is 2.15 bits per heavy atom. The molecule has 0 spiro atoms. The van der Waals surface area contributed by atoms with Gasteiger partial charge in [0.25, 0.3) is 0 Å². The van der Waals surface area contributed by atoms with Crippen LogP contribution in [-0.2, 0) is 0 Å². The van der Waals surface area contributed by atoms with Gasteiger partial charge in [-0.05, 0) is 30.8 Å². The van der Waals surface area contributed by atoms with Crippen molar-refractivity contribution in [2.24, 2.45) is 5.41 Å². The molecule has 74 valence electrons. The third-order valence-corrected chi connectivity index (χ3v) is 2.76. The lowest BCUT2D eigenvalue weighted by Crippen LogP contribution is -2.32. The van der Waals surface area contributed by atoms with Crippen LogP contribution in [0.1, 0.15) is 40.5 Å². The standard InChI is InChI=1S/C11H20N2/c1-9-5-6-10(11(2,3)4)7-13(9)8-12/h7-9,12H,5-6H2,1-4H3. The highest BCUT2D eigenvalue weighted by Gasteiger charge is 2.23. The van der Waals surface area contributed by atoms with Crippen molar-refractivity contribution in [3.05, 3.63) is 11.8 Å². The summed E-state index contributed by atoms with van der Waals surface area (Å²) >= 11 is 0. The van der Waals surface area contributed by atoms with Gasteiger partial charge in [0, 0.05) is 12.2 Å². The van der Waals surface area contributed by atoms with E-state index < -0.39 is 0 Å². The molecule has 0 bridgehead atoms. The summed E-state index contributed by atoms with van der Waals surface area (Å²) in [6.07, 6.45) is 5.91. The predicted octanol–water partition coefficient (Wildman–Crippen LogP) is 3.01. The zero-order valence-corrected chi connectivity index (χ0v) is 9.09. The fourth-order valence-electron chi connectivity index (χ4n) is 1.62. The Kier molecular flexibility index (Phi) is 2.79. The lowest BCUT2D eigenvalue weighted by Gasteiger charge is -2.34. The summed E-state index contributed by atoms with van der Waals surface area (Å²) in [6.45, 7) is 8.87. The summed E-state index contributed by atoms with van der Waals surface area (Å²) in [6, 6.07) is 0.489. The van der Waals surface area contributed by atoms with Crippen LogP contribution in [0.15, 0.2) is 11.8 Å². The molecule has 0 aromatic carbocycles. The average Bonchev–Trinajstić information content (AvgIpc) is 2.03. The van der Waals surface area contributed by atoms with E-state index in [4.69, 9.17) is 5.41 Å². The zero-order chi connectivity index (χ0) is 10.1. The molecule has 1 rings (SSSR count). The van der Waals surface area contributed by atoms with Gasteiger partial charge in [-0.1, -0.05) is 20.8 Å². The monoisotopic (exact) mass is 180 g/mol. The maximum Gasteiger partial charge on any atom is 0.0859 e. The van der Waals surface area contributed by atoms with Crippen LogP contribution < -0.4 is 0 Å². The highest BCUT2D eigenvalue weighted by atomic mass is 15.1. The van der Waals surface area contributed by atoms with Crippen molar-refractivity contribution < 1.29 is 0 Å². The van der Waals surface area contributed by atoms with Crippen LogP contribution in [0, 0.1) is 10.8 Å². The zero-order valence-electron chi connectivity index (χ0n) is 9.09. The number of nitrogens with one attached hydrogen (secondary N) is 1. The predicted molar refractivity (Wildman–Crippen MR) is 56.9 cm³/mol. The number of rotatable bonds is 1. The van der Waals surface area contributed by atoms with Gasteiger partial charge in [0.2, 0.25) is 0 Å². The van der Waals surface area contributed by atoms with E-state index in [9.17, 15) is 0 Å².